The molecule has 3 aromatic rings. The number of aromatic amines is 1. The zero-order valence-corrected chi connectivity index (χ0v) is 27.6. The van der Waals surface area contributed by atoms with Crippen molar-refractivity contribution in [3.63, 3.8) is 0 Å². The molecular formula is C31H37N11O10. The number of phenolic OH excluding ortho intramolecular Hbond substituents is 1. The third-order valence-corrected chi connectivity index (χ3v) is 7.37. The summed E-state index contributed by atoms with van der Waals surface area (Å²) in [6.45, 7) is 0.563. The molecule has 0 aliphatic heterocycles. The smallest absolute Gasteiger partial charge is 0.310 e. The molecule has 0 aliphatic rings. The number of nitrogen functional groups attached to an aromatic ring is 1. The van der Waals surface area contributed by atoms with Crippen LogP contribution in [0.2, 0.25) is 0 Å². The summed E-state index contributed by atoms with van der Waals surface area (Å²) in [5.41, 5.74) is 16.7. The number of nitro benzene ring substituents is 1. The fourth-order valence-corrected chi connectivity index (χ4v) is 4.69. The zero-order chi connectivity index (χ0) is 38.5. The molecule has 1 aromatic heterocycles. The van der Waals surface area contributed by atoms with E-state index < -0.39 is 94.8 Å². The number of nitrogens with one attached hydrogen (secondary N) is 6. The lowest BCUT2D eigenvalue weighted by Gasteiger charge is -2.23. The van der Waals surface area contributed by atoms with Crippen molar-refractivity contribution in [2.24, 2.45) is 11.5 Å². The number of nitrogens with zero attached hydrogens (tertiary/aromatic N) is 2. The highest BCUT2D eigenvalue weighted by molar-refractivity contribution is 6.02. The summed E-state index contributed by atoms with van der Waals surface area (Å²) in [4.78, 5) is 106. The van der Waals surface area contributed by atoms with Crippen molar-refractivity contribution in [3.8, 4) is 5.75 Å². The summed E-state index contributed by atoms with van der Waals surface area (Å²) in [7, 11) is 0. The molecule has 276 valence electrons. The largest absolute Gasteiger partial charge is 0.502 e. The first-order valence-corrected chi connectivity index (χ1v) is 15.4. The molecule has 0 unspecified atom stereocenters. The molecule has 52 heavy (non-hydrogen) atoms. The second-order valence-electron chi connectivity index (χ2n) is 11.4. The molecule has 0 fully saturated rings. The van der Waals surface area contributed by atoms with E-state index in [-0.39, 0.29) is 29.7 Å². The number of hydrogen-bond donors (Lipinski definition) is 10. The van der Waals surface area contributed by atoms with Gasteiger partial charge in [0.05, 0.1) is 29.8 Å². The maximum atomic E-state index is 13.3. The number of rotatable bonds is 18. The molecule has 3 rings (SSSR count). The number of primary amides is 2. The molecule has 0 radical (unpaired) electrons. The summed E-state index contributed by atoms with van der Waals surface area (Å²) in [5, 5.41) is 32.7. The number of anilines is 1. The average Bonchev–Trinajstić information content (AvgIpc) is 3.60. The summed E-state index contributed by atoms with van der Waals surface area (Å²) in [6, 6.07) is 3.91. The Kier molecular flexibility index (Phi) is 13.7. The molecular weight excluding hydrogens is 686 g/mol. The minimum atomic E-state index is -1.56. The standard InChI is InChI=1S/C31H37N11O10/c1-15(38-29(48)18-4-2-3-5-19(18)32)28(47)41-22(11-25(33)44)30(49)36-13-26(45)39-21(10-17-12-35-14-37-17)31(50)40-20(27(34)46)8-16-6-7-24(43)23(9-16)42(51)52/h2-7,9,12,14-15,20-22,43H,8,10-11,13,32H2,1H3,(H2,33,44)(H2,34,46)(H,35,37)(H,36,49)(H,38,48)(H,39,45)(H,40,50)(H,41,47)/t15-,20-,21-,22-/m0/s1. The molecule has 7 amide bonds. The average molecular weight is 724 g/mol. The first-order chi connectivity index (χ1) is 24.5. The van der Waals surface area contributed by atoms with Crippen LogP contribution in [0, 0.1) is 10.1 Å². The number of imidazole rings is 1. The highest BCUT2D eigenvalue weighted by Gasteiger charge is 2.29. The number of para-hydroxylation sites is 1. The molecule has 1 heterocycles. The molecule has 21 nitrogen and oxygen atoms in total. The van der Waals surface area contributed by atoms with Crippen LogP contribution in [0.5, 0.6) is 5.75 Å². The predicted molar refractivity (Wildman–Crippen MR) is 180 cm³/mol. The predicted octanol–water partition coefficient (Wildman–Crippen LogP) is -2.86. The van der Waals surface area contributed by atoms with Crippen molar-refractivity contribution >= 4 is 52.7 Å². The number of aromatic hydroxyl groups is 1. The second-order valence-corrected chi connectivity index (χ2v) is 11.4. The van der Waals surface area contributed by atoms with Gasteiger partial charge in [-0.05, 0) is 30.7 Å². The Morgan fingerprint density at radius 1 is 0.904 bits per heavy atom. The fourth-order valence-electron chi connectivity index (χ4n) is 4.69. The van der Waals surface area contributed by atoms with Gasteiger partial charge in [-0.1, -0.05) is 18.2 Å². The first-order valence-electron chi connectivity index (χ1n) is 15.4. The minimum absolute atomic E-state index is 0.105. The van der Waals surface area contributed by atoms with Crippen LogP contribution in [0.25, 0.3) is 0 Å². The second kappa shape index (κ2) is 18.1. The SMILES string of the molecule is C[C@H](NC(=O)c1ccccc1N)C(=O)N[C@@H](CC(N)=O)C(=O)NCC(=O)N[C@@H](Cc1cnc[nH]1)C(=O)N[C@@H](Cc1ccc(O)c([N+](=O)[O-])c1)C(N)=O. The third kappa shape index (κ3) is 11.5. The number of carbonyl (C=O) groups is 7. The quantitative estimate of drug-likeness (QED) is 0.0360. The van der Waals surface area contributed by atoms with Crippen LogP contribution in [0.3, 0.4) is 0 Å². The van der Waals surface area contributed by atoms with Gasteiger partial charge in [0.25, 0.3) is 5.91 Å². The molecule has 21 heteroatoms. The van der Waals surface area contributed by atoms with E-state index in [1.807, 2.05) is 0 Å². The Morgan fingerprint density at radius 2 is 1.60 bits per heavy atom. The van der Waals surface area contributed by atoms with Gasteiger partial charge in [-0.2, -0.15) is 0 Å². The molecule has 2 aromatic carbocycles. The van der Waals surface area contributed by atoms with Crippen molar-refractivity contribution in [2.45, 2.75) is 50.4 Å². The molecule has 0 aliphatic carbocycles. The minimum Gasteiger partial charge on any atom is -0.502 e. The van der Waals surface area contributed by atoms with Gasteiger partial charge in [0.1, 0.15) is 24.2 Å². The lowest BCUT2D eigenvalue weighted by Crippen LogP contribution is -2.57. The number of hydrogen-bond acceptors (Lipinski definition) is 12. The van der Waals surface area contributed by atoms with Crippen molar-refractivity contribution in [3.05, 3.63) is 81.9 Å². The molecule has 0 saturated carbocycles. The van der Waals surface area contributed by atoms with Crippen LogP contribution in [0.4, 0.5) is 11.4 Å². The summed E-state index contributed by atoms with van der Waals surface area (Å²) in [6.07, 6.45) is 1.52. The number of nitrogens with two attached hydrogens (primary N) is 3. The maximum absolute atomic E-state index is 13.3. The summed E-state index contributed by atoms with van der Waals surface area (Å²) < 4.78 is 0. The summed E-state index contributed by atoms with van der Waals surface area (Å²) >= 11 is 0. The van der Waals surface area contributed by atoms with Crippen LogP contribution in [0.15, 0.2) is 55.0 Å². The van der Waals surface area contributed by atoms with E-state index in [9.17, 15) is 48.8 Å². The zero-order valence-electron chi connectivity index (χ0n) is 27.6. The molecule has 0 bridgehead atoms. The van der Waals surface area contributed by atoms with Gasteiger partial charge in [0.15, 0.2) is 5.75 Å². The summed E-state index contributed by atoms with van der Waals surface area (Å²) in [5.74, 6) is -6.95. The Labute approximate surface area is 294 Å². The molecule has 13 N–H and O–H groups in total. The number of aromatic nitrogens is 2. The van der Waals surface area contributed by atoms with Crippen molar-refractivity contribution in [1.82, 2.24) is 36.6 Å². The van der Waals surface area contributed by atoms with Crippen molar-refractivity contribution < 1.29 is 43.6 Å². The van der Waals surface area contributed by atoms with Crippen LogP contribution >= 0.6 is 0 Å². The van der Waals surface area contributed by atoms with E-state index >= 15 is 0 Å². The van der Waals surface area contributed by atoms with Gasteiger partial charge >= 0.3 is 5.69 Å². The molecule has 0 spiro atoms. The molecule has 0 saturated heterocycles. The van der Waals surface area contributed by atoms with Crippen LogP contribution in [0.1, 0.15) is 35.0 Å². The van der Waals surface area contributed by atoms with Gasteiger partial charge < -0.3 is 53.9 Å². The van der Waals surface area contributed by atoms with Gasteiger partial charge in [-0.15, -0.1) is 0 Å². The Balaban J connectivity index is 1.66. The number of carbonyl (C=O) groups excluding carboxylic acids is 7. The number of benzene rings is 2. The van der Waals surface area contributed by atoms with E-state index in [2.05, 4.69) is 36.6 Å². The van der Waals surface area contributed by atoms with Crippen LogP contribution in [-0.2, 0) is 41.6 Å². The lowest BCUT2D eigenvalue weighted by molar-refractivity contribution is -0.385. The van der Waals surface area contributed by atoms with Gasteiger partial charge in [-0.25, -0.2) is 4.98 Å². The van der Waals surface area contributed by atoms with E-state index in [0.717, 1.165) is 12.1 Å². The Hall–Kier alpha value is -7.06. The fraction of sp³-hybridized carbons (Fsp3) is 0.290. The third-order valence-electron chi connectivity index (χ3n) is 7.37. The number of phenols is 1. The van der Waals surface area contributed by atoms with Crippen LogP contribution < -0.4 is 43.8 Å². The highest BCUT2D eigenvalue weighted by atomic mass is 16.6. The van der Waals surface area contributed by atoms with E-state index in [1.54, 1.807) is 12.1 Å². The highest BCUT2D eigenvalue weighted by Crippen LogP contribution is 2.26. The topological polar surface area (TPSA) is 350 Å². The molecule has 4 atom stereocenters. The van der Waals surface area contributed by atoms with Gasteiger partial charge in [-0.3, -0.25) is 43.7 Å². The Bertz CT molecular complexity index is 1830. The van der Waals surface area contributed by atoms with Crippen molar-refractivity contribution in [1.29, 1.82) is 0 Å². The normalized spacial score (nSPS) is 12.9. The van der Waals surface area contributed by atoms with E-state index in [0.29, 0.717) is 5.69 Å². The number of nitro groups is 1. The maximum Gasteiger partial charge on any atom is 0.310 e. The monoisotopic (exact) mass is 723 g/mol. The Morgan fingerprint density at radius 3 is 2.21 bits per heavy atom. The first kappa shape index (κ1) is 39.4. The lowest BCUT2D eigenvalue weighted by atomic mass is 10.0. The van der Waals surface area contributed by atoms with E-state index in [1.165, 1.54) is 37.6 Å². The number of H-pyrrole nitrogens is 1. The van der Waals surface area contributed by atoms with Crippen molar-refractivity contribution in [2.75, 3.05) is 12.3 Å². The number of amides is 7. The van der Waals surface area contributed by atoms with Gasteiger partial charge in [0, 0.05) is 36.5 Å². The van der Waals surface area contributed by atoms with E-state index in [4.69, 9.17) is 17.2 Å². The van der Waals surface area contributed by atoms with Gasteiger partial charge in [0.2, 0.25) is 35.4 Å². The van der Waals surface area contributed by atoms with Crippen LogP contribution in [-0.4, -0.2) is 92.1 Å².